The van der Waals surface area contributed by atoms with Gasteiger partial charge in [0, 0.05) is 30.8 Å². The molecule has 9 heteroatoms. The third-order valence-corrected chi connectivity index (χ3v) is 7.37. The van der Waals surface area contributed by atoms with Crippen molar-refractivity contribution in [1.29, 1.82) is 0 Å². The van der Waals surface area contributed by atoms with E-state index < -0.39 is 5.60 Å². The summed E-state index contributed by atoms with van der Waals surface area (Å²) in [4.78, 5) is 18.7. The molecular weight excluding hydrogens is 421 g/mol. The normalized spacial score (nSPS) is 20.5. The van der Waals surface area contributed by atoms with Gasteiger partial charge in [0.1, 0.15) is 5.69 Å². The zero-order chi connectivity index (χ0) is 20.6. The van der Waals surface area contributed by atoms with Crippen molar-refractivity contribution in [1.82, 2.24) is 10.3 Å². The molecule has 1 aliphatic rings. The van der Waals surface area contributed by atoms with Gasteiger partial charge in [0.25, 0.3) is 5.91 Å². The van der Waals surface area contributed by atoms with Gasteiger partial charge < -0.3 is 25.0 Å². The van der Waals surface area contributed by atoms with Crippen LogP contribution in [-0.2, 0) is 10.3 Å². The number of methoxy groups -OCH3 is 1. The molecule has 0 aliphatic carbocycles. The fraction of sp³-hybridized carbons (Fsp3) is 0.526. The molecule has 1 aliphatic heterocycles. The van der Waals surface area contributed by atoms with Gasteiger partial charge in [-0.3, -0.25) is 4.79 Å². The third kappa shape index (κ3) is 4.33. The maximum absolute atomic E-state index is 12.6. The monoisotopic (exact) mass is 445 g/mol. The first-order chi connectivity index (χ1) is 13.1. The van der Waals surface area contributed by atoms with Gasteiger partial charge >= 0.3 is 0 Å². The number of amides is 1. The summed E-state index contributed by atoms with van der Waals surface area (Å²) in [5.74, 6) is -0.291. The Morgan fingerprint density at radius 2 is 2.11 bits per heavy atom. The Hall–Kier alpha value is -1.25. The Bertz CT molecular complexity index is 859. The van der Waals surface area contributed by atoms with Crippen molar-refractivity contribution < 1.29 is 14.6 Å². The minimum Gasteiger partial charge on any atom is -0.385 e. The molecule has 3 N–H and O–H groups in total. The minimum atomic E-state index is -0.857. The average Bonchev–Trinajstić information content (AvgIpc) is 3.23. The third-order valence-electron chi connectivity index (χ3n) is 4.97. The van der Waals surface area contributed by atoms with Crippen LogP contribution in [0, 0.1) is 6.92 Å². The lowest BCUT2D eigenvalue weighted by Gasteiger charge is -2.38. The summed E-state index contributed by atoms with van der Waals surface area (Å²) in [6.07, 6.45) is 0.557. The summed E-state index contributed by atoms with van der Waals surface area (Å²) < 4.78 is 5.66. The first-order valence-corrected chi connectivity index (χ1v) is 10.6. The fourth-order valence-corrected chi connectivity index (χ4v) is 4.77. The first-order valence-electron chi connectivity index (χ1n) is 9.06. The molecule has 1 amide bonds. The molecule has 154 valence electrons. The molecular formula is C19H25Cl2N3O3S. The summed E-state index contributed by atoms with van der Waals surface area (Å²) in [5, 5.41) is 14.9. The number of aromatic nitrogens is 1. The number of halogens is 2. The number of anilines is 1. The fourth-order valence-electron chi connectivity index (χ4n) is 3.32. The molecule has 0 spiro atoms. The highest BCUT2D eigenvalue weighted by Crippen LogP contribution is 2.35. The van der Waals surface area contributed by atoms with Crippen LogP contribution in [-0.4, -0.2) is 48.3 Å². The van der Waals surface area contributed by atoms with Crippen molar-refractivity contribution in [2.45, 2.75) is 44.9 Å². The number of hydrogen-bond donors (Lipinski definition) is 3. The highest BCUT2D eigenvalue weighted by atomic mass is 35.5. The largest absolute Gasteiger partial charge is 0.385 e. The zero-order valence-electron chi connectivity index (χ0n) is 16.3. The van der Waals surface area contributed by atoms with Crippen molar-refractivity contribution in [2.24, 2.45) is 0 Å². The van der Waals surface area contributed by atoms with Gasteiger partial charge in [-0.2, -0.15) is 0 Å². The van der Waals surface area contributed by atoms with E-state index in [1.54, 1.807) is 39.2 Å². The Balaban J connectivity index is 1.68. The molecule has 28 heavy (non-hydrogen) atoms. The van der Waals surface area contributed by atoms with Gasteiger partial charge in [0.2, 0.25) is 0 Å². The maximum Gasteiger partial charge on any atom is 0.269 e. The quantitative estimate of drug-likeness (QED) is 0.650. The molecule has 0 bridgehead atoms. The van der Waals surface area contributed by atoms with Gasteiger partial charge in [0.05, 0.1) is 32.8 Å². The van der Waals surface area contributed by atoms with Gasteiger partial charge in [-0.1, -0.05) is 23.2 Å². The highest BCUT2D eigenvalue weighted by molar-refractivity contribution is 7.16. The zero-order valence-corrected chi connectivity index (χ0v) is 18.6. The molecule has 1 saturated heterocycles. The average molecular weight is 446 g/mol. The summed E-state index contributed by atoms with van der Waals surface area (Å²) in [5.41, 5.74) is 0.0784. The van der Waals surface area contributed by atoms with Crippen molar-refractivity contribution >= 4 is 45.4 Å². The number of aromatic amines is 1. The van der Waals surface area contributed by atoms with E-state index in [0.717, 1.165) is 22.8 Å². The second-order valence-corrected chi connectivity index (χ2v) is 9.36. The molecule has 0 radical (unpaired) electrons. The molecule has 6 nitrogen and oxygen atoms in total. The maximum atomic E-state index is 12.6. The van der Waals surface area contributed by atoms with E-state index in [1.165, 1.54) is 0 Å². The Kier molecular flexibility index (Phi) is 6.32. The van der Waals surface area contributed by atoms with E-state index in [1.807, 2.05) is 12.1 Å². The van der Waals surface area contributed by atoms with E-state index in [9.17, 15) is 9.90 Å². The molecule has 1 fully saturated rings. The number of nitrogens with zero attached hydrogens (tertiary/aromatic N) is 1. The SMILES string of the molecule is CO[C@H]1CN(c2ccc(C(C)(C)O)s2)CCC1NC(=O)c1[nH]c(C)c(Cl)c1Cl. The van der Waals surface area contributed by atoms with Crippen molar-refractivity contribution in [3.8, 4) is 0 Å². The Morgan fingerprint density at radius 3 is 2.64 bits per heavy atom. The van der Waals surface area contributed by atoms with Crippen LogP contribution in [0.1, 0.15) is 41.3 Å². The van der Waals surface area contributed by atoms with E-state index in [4.69, 9.17) is 27.9 Å². The Morgan fingerprint density at radius 1 is 1.39 bits per heavy atom. The lowest BCUT2D eigenvalue weighted by atomic mass is 10.0. The number of carbonyl (C=O) groups excluding carboxylic acids is 1. The molecule has 2 aromatic rings. The van der Waals surface area contributed by atoms with E-state index in [0.29, 0.717) is 17.3 Å². The summed E-state index contributed by atoms with van der Waals surface area (Å²) in [7, 11) is 1.65. The van der Waals surface area contributed by atoms with E-state index in [2.05, 4.69) is 15.2 Å². The summed E-state index contributed by atoms with van der Waals surface area (Å²) in [6, 6.07) is 3.84. The molecule has 2 aromatic heterocycles. The molecule has 3 heterocycles. The van der Waals surface area contributed by atoms with Gasteiger partial charge in [-0.05, 0) is 39.3 Å². The van der Waals surface area contributed by atoms with Crippen LogP contribution in [0.15, 0.2) is 12.1 Å². The molecule has 1 unspecified atom stereocenters. The van der Waals surface area contributed by atoms with E-state index >= 15 is 0 Å². The number of carbonyl (C=O) groups is 1. The number of nitrogens with one attached hydrogen (secondary N) is 2. The lowest BCUT2D eigenvalue weighted by Crippen LogP contribution is -2.54. The lowest BCUT2D eigenvalue weighted by molar-refractivity contribution is 0.0541. The van der Waals surface area contributed by atoms with Crippen LogP contribution in [0.5, 0.6) is 0 Å². The number of thiophene rings is 1. The summed E-state index contributed by atoms with van der Waals surface area (Å²) in [6.45, 7) is 6.74. The molecule has 0 aromatic carbocycles. The number of aliphatic hydroxyl groups is 1. The van der Waals surface area contributed by atoms with Gasteiger partial charge in [-0.25, -0.2) is 0 Å². The second-order valence-electron chi connectivity index (χ2n) is 7.54. The summed E-state index contributed by atoms with van der Waals surface area (Å²) >= 11 is 13.8. The van der Waals surface area contributed by atoms with Crippen molar-refractivity contribution in [2.75, 3.05) is 25.1 Å². The smallest absolute Gasteiger partial charge is 0.269 e. The number of H-pyrrole nitrogens is 1. The van der Waals surface area contributed by atoms with Crippen LogP contribution in [0.4, 0.5) is 5.00 Å². The second kappa shape index (κ2) is 8.24. The van der Waals surface area contributed by atoms with Crippen LogP contribution < -0.4 is 10.2 Å². The van der Waals surface area contributed by atoms with Crippen molar-refractivity contribution in [3.63, 3.8) is 0 Å². The molecule has 2 atom stereocenters. The topological polar surface area (TPSA) is 77.6 Å². The van der Waals surface area contributed by atoms with Crippen LogP contribution in [0.3, 0.4) is 0 Å². The van der Waals surface area contributed by atoms with Crippen molar-refractivity contribution in [3.05, 3.63) is 38.4 Å². The van der Waals surface area contributed by atoms with Crippen LogP contribution in [0.25, 0.3) is 0 Å². The van der Waals surface area contributed by atoms with Gasteiger partial charge in [-0.15, -0.1) is 11.3 Å². The highest BCUT2D eigenvalue weighted by Gasteiger charge is 2.33. The molecule has 3 rings (SSSR count). The van der Waals surface area contributed by atoms with Crippen LogP contribution >= 0.6 is 34.5 Å². The first kappa shape index (κ1) is 21.5. The number of ether oxygens (including phenoxy) is 1. The Labute approximate surface area is 178 Å². The number of rotatable bonds is 5. The predicted octanol–water partition coefficient (Wildman–Crippen LogP) is 3.94. The number of hydrogen-bond acceptors (Lipinski definition) is 5. The standard InChI is InChI=1S/C19H25Cl2N3O3S/c1-10-15(20)16(21)17(22-10)18(25)23-11-7-8-24(9-12(11)27-4)14-6-5-13(28-14)19(2,3)26/h5-6,11-12,22,26H,7-9H2,1-4H3,(H,23,25)/t11?,12-/m0/s1. The van der Waals surface area contributed by atoms with Crippen LogP contribution in [0.2, 0.25) is 10.0 Å². The minimum absolute atomic E-state index is 0.138. The number of piperidine rings is 1. The number of aryl methyl sites for hydroxylation is 1. The molecule has 0 saturated carbocycles. The van der Waals surface area contributed by atoms with E-state index in [-0.39, 0.29) is 28.8 Å². The van der Waals surface area contributed by atoms with Gasteiger partial charge in [0.15, 0.2) is 0 Å². The predicted molar refractivity (Wildman–Crippen MR) is 114 cm³/mol.